The van der Waals surface area contributed by atoms with Crippen LogP contribution in [-0.4, -0.2) is 31.5 Å². The molecule has 0 bridgehead atoms. The van der Waals surface area contributed by atoms with Gasteiger partial charge in [0.2, 0.25) is 0 Å². The van der Waals surface area contributed by atoms with Gasteiger partial charge in [-0.2, -0.15) is 0 Å². The van der Waals surface area contributed by atoms with Crippen LogP contribution in [0.4, 0.5) is 5.13 Å². The van der Waals surface area contributed by atoms with Crippen LogP contribution in [0, 0.1) is 0 Å². The largest absolute Gasteiger partial charge is 0.427 e. The number of thiazole rings is 1. The topological polar surface area (TPSA) is 102 Å². The third kappa shape index (κ3) is 4.12. The number of sulfone groups is 1. The molecule has 0 aliphatic heterocycles. The van der Waals surface area contributed by atoms with Gasteiger partial charge in [-0.25, -0.2) is 13.4 Å². The fourth-order valence-electron chi connectivity index (χ4n) is 1.52. The normalized spacial score (nSPS) is 11.0. The van der Waals surface area contributed by atoms with E-state index in [9.17, 15) is 18.0 Å². The van der Waals surface area contributed by atoms with E-state index in [0.717, 1.165) is 17.6 Å². The summed E-state index contributed by atoms with van der Waals surface area (Å²) < 4.78 is 27.6. The van der Waals surface area contributed by atoms with Gasteiger partial charge >= 0.3 is 5.97 Å². The zero-order valence-electron chi connectivity index (χ0n) is 11.7. The lowest BCUT2D eigenvalue weighted by atomic mass is 10.2. The molecule has 22 heavy (non-hydrogen) atoms. The first-order valence-corrected chi connectivity index (χ1v) is 8.78. The quantitative estimate of drug-likeness (QED) is 0.671. The molecule has 0 atom stereocenters. The van der Waals surface area contributed by atoms with Gasteiger partial charge in [-0.1, -0.05) is 6.07 Å². The standard InChI is InChI=1S/C13H12N2O5S2/c1-8(16)20-10-5-3-4-9(6-10)12(17)15-13-14-11(7-21-13)22(2,18)19/h3-7H,1-2H3,(H,14,15,17). The number of ether oxygens (including phenoxy) is 1. The van der Waals surface area contributed by atoms with Crippen LogP contribution >= 0.6 is 11.3 Å². The molecule has 7 nitrogen and oxygen atoms in total. The van der Waals surface area contributed by atoms with Gasteiger partial charge in [0.25, 0.3) is 5.91 Å². The molecule has 1 N–H and O–H groups in total. The van der Waals surface area contributed by atoms with Gasteiger partial charge in [0, 0.05) is 24.1 Å². The second kappa shape index (κ2) is 6.24. The number of carbonyl (C=O) groups is 2. The molecule has 1 heterocycles. The summed E-state index contributed by atoms with van der Waals surface area (Å²) in [6.45, 7) is 1.26. The molecule has 0 saturated carbocycles. The molecule has 0 unspecified atom stereocenters. The molecule has 1 aromatic carbocycles. The summed E-state index contributed by atoms with van der Waals surface area (Å²) >= 11 is 1.01. The van der Waals surface area contributed by atoms with Gasteiger partial charge in [0.15, 0.2) is 20.0 Å². The molecule has 0 saturated heterocycles. The van der Waals surface area contributed by atoms with Crippen molar-refractivity contribution in [3.63, 3.8) is 0 Å². The third-order valence-electron chi connectivity index (χ3n) is 2.44. The molecule has 2 rings (SSSR count). The molecule has 0 aliphatic rings. The number of anilines is 1. The molecular weight excluding hydrogens is 328 g/mol. The summed E-state index contributed by atoms with van der Waals surface area (Å²) in [6.07, 6.45) is 1.04. The molecule has 1 aromatic heterocycles. The van der Waals surface area contributed by atoms with E-state index in [1.54, 1.807) is 12.1 Å². The molecular formula is C13H12N2O5S2. The van der Waals surface area contributed by atoms with Gasteiger partial charge in [-0.05, 0) is 18.2 Å². The highest BCUT2D eigenvalue weighted by Crippen LogP contribution is 2.20. The highest BCUT2D eigenvalue weighted by Gasteiger charge is 2.15. The zero-order chi connectivity index (χ0) is 16.3. The average molecular weight is 340 g/mol. The molecule has 9 heteroatoms. The van der Waals surface area contributed by atoms with Crippen LogP contribution in [0.3, 0.4) is 0 Å². The number of benzene rings is 1. The Labute approximate surface area is 130 Å². The monoisotopic (exact) mass is 340 g/mol. The number of nitrogens with one attached hydrogen (secondary N) is 1. The van der Waals surface area contributed by atoms with Crippen LogP contribution in [0.2, 0.25) is 0 Å². The number of esters is 1. The maximum Gasteiger partial charge on any atom is 0.308 e. The molecule has 0 fully saturated rings. The Balaban J connectivity index is 2.15. The molecule has 116 valence electrons. The Hall–Kier alpha value is -2.26. The second-order valence-corrected chi connectivity index (χ2v) is 7.16. The maximum absolute atomic E-state index is 12.1. The summed E-state index contributed by atoms with van der Waals surface area (Å²) in [6, 6.07) is 6.05. The minimum absolute atomic E-state index is 0.0959. The van der Waals surface area contributed by atoms with E-state index >= 15 is 0 Å². The third-order valence-corrected chi connectivity index (χ3v) is 4.32. The predicted octanol–water partition coefficient (Wildman–Crippen LogP) is 1.72. The van der Waals surface area contributed by atoms with Crippen molar-refractivity contribution in [3.05, 3.63) is 35.2 Å². The first-order valence-electron chi connectivity index (χ1n) is 6.01. The number of rotatable bonds is 4. The van der Waals surface area contributed by atoms with E-state index in [4.69, 9.17) is 4.74 Å². The number of aromatic nitrogens is 1. The lowest BCUT2D eigenvalue weighted by Crippen LogP contribution is -2.12. The van der Waals surface area contributed by atoms with Crippen LogP contribution in [-0.2, 0) is 14.6 Å². The molecule has 2 aromatic rings. The summed E-state index contributed by atoms with van der Waals surface area (Å²) in [5.41, 5.74) is 0.259. The van der Waals surface area contributed by atoms with Crippen molar-refractivity contribution in [1.29, 1.82) is 0 Å². The number of nitrogens with zero attached hydrogens (tertiary/aromatic N) is 1. The molecule has 1 amide bonds. The van der Waals surface area contributed by atoms with Crippen molar-refractivity contribution in [3.8, 4) is 5.75 Å². The van der Waals surface area contributed by atoms with Crippen LogP contribution in [0.15, 0.2) is 34.7 Å². The van der Waals surface area contributed by atoms with Crippen molar-refractivity contribution in [2.75, 3.05) is 11.6 Å². The fraction of sp³-hybridized carbons (Fsp3) is 0.154. The molecule has 0 spiro atoms. The van der Waals surface area contributed by atoms with Crippen molar-refractivity contribution >= 4 is 38.2 Å². The summed E-state index contributed by atoms with van der Waals surface area (Å²) in [5, 5.41) is 3.92. The van der Waals surface area contributed by atoms with Gasteiger partial charge < -0.3 is 4.74 Å². The fourth-order valence-corrected chi connectivity index (χ4v) is 3.25. The number of amides is 1. The number of hydrogen-bond acceptors (Lipinski definition) is 7. The van der Waals surface area contributed by atoms with E-state index in [-0.39, 0.29) is 21.5 Å². The van der Waals surface area contributed by atoms with Crippen molar-refractivity contribution < 1.29 is 22.7 Å². The first kappa shape index (κ1) is 16.1. The first-order chi connectivity index (χ1) is 10.3. The second-order valence-electron chi connectivity index (χ2n) is 4.34. The van der Waals surface area contributed by atoms with Gasteiger partial charge in [0.1, 0.15) is 5.75 Å². The Morgan fingerprint density at radius 1 is 1.32 bits per heavy atom. The van der Waals surface area contributed by atoms with Gasteiger partial charge in [-0.15, -0.1) is 11.3 Å². The van der Waals surface area contributed by atoms with E-state index < -0.39 is 21.7 Å². The lowest BCUT2D eigenvalue weighted by molar-refractivity contribution is -0.131. The van der Waals surface area contributed by atoms with Crippen LogP contribution in [0.1, 0.15) is 17.3 Å². The number of hydrogen-bond donors (Lipinski definition) is 1. The van der Waals surface area contributed by atoms with E-state index in [0.29, 0.717) is 0 Å². The smallest absolute Gasteiger partial charge is 0.308 e. The summed E-state index contributed by atoms with van der Waals surface area (Å²) in [7, 11) is -3.41. The Morgan fingerprint density at radius 2 is 2.05 bits per heavy atom. The summed E-state index contributed by atoms with van der Waals surface area (Å²) in [5.74, 6) is -0.727. The highest BCUT2D eigenvalue weighted by molar-refractivity contribution is 7.90. The molecule has 0 aliphatic carbocycles. The Kier molecular flexibility index (Phi) is 4.57. The van der Waals surface area contributed by atoms with Crippen molar-refractivity contribution in [2.24, 2.45) is 0 Å². The Morgan fingerprint density at radius 3 is 2.64 bits per heavy atom. The SMILES string of the molecule is CC(=O)Oc1cccc(C(=O)Nc2nc(S(C)(=O)=O)cs2)c1. The van der Waals surface area contributed by atoms with Crippen LogP contribution in [0.5, 0.6) is 5.75 Å². The zero-order valence-corrected chi connectivity index (χ0v) is 13.3. The average Bonchev–Trinajstić information content (AvgIpc) is 2.86. The van der Waals surface area contributed by atoms with Crippen LogP contribution in [0.25, 0.3) is 0 Å². The van der Waals surface area contributed by atoms with E-state index in [2.05, 4.69) is 10.3 Å². The van der Waals surface area contributed by atoms with E-state index in [1.807, 2.05) is 0 Å². The summed E-state index contributed by atoms with van der Waals surface area (Å²) in [4.78, 5) is 26.8. The van der Waals surface area contributed by atoms with E-state index in [1.165, 1.54) is 24.4 Å². The maximum atomic E-state index is 12.1. The minimum Gasteiger partial charge on any atom is -0.427 e. The van der Waals surface area contributed by atoms with Crippen molar-refractivity contribution in [1.82, 2.24) is 4.98 Å². The molecule has 0 radical (unpaired) electrons. The van der Waals surface area contributed by atoms with Crippen LogP contribution < -0.4 is 10.1 Å². The minimum atomic E-state index is -3.41. The van der Waals surface area contributed by atoms with Gasteiger partial charge in [0.05, 0.1) is 0 Å². The lowest BCUT2D eigenvalue weighted by Gasteiger charge is -2.04. The number of carbonyl (C=O) groups excluding carboxylic acids is 2. The van der Waals surface area contributed by atoms with Gasteiger partial charge in [-0.3, -0.25) is 14.9 Å². The van der Waals surface area contributed by atoms with Crippen molar-refractivity contribution in [2.45, 2.75) is 11.9 Å². The highest BCUT2D eigenvalue weighted by atomic mass is 32.2. The Bertz CT molecular complexity index is 826. The predicted molar refractivity (Wildman–Crippen MR) is 80.9 cm³/mol.